The van der Waals surface area contributed by atoms with Gasteiger partial charge in [-0.2, -0.15) is 0 Å². The van der Waals surface area contributed by atoms with Crippen LogP contribution >= 0.6 is 11.3 Å². The van der Waals surface area contributed by atoms with Crippen LogP contribution in [-0.2, 0) is 16.6 Å². The first-order chi connectivity index (χ1) is 9.29. The highest BCUT2D eigenvalue weighted by molar-refractivity contribution is 7.89. The number of nitrogens with one attached hydrogen (secondary N) is 1. The molecule has 0 radical (unpaired) electrons. The van der Waals surface area contributed by atoms with E-state index in [1.165, 1.54) is 0 Å². The zero-order valence-electron chi connectivity index (χ0n) is 11.5. The first-order valence-electron chi connectivity index (χ1n) is 5.95. The van der Waals surface area contributed by atoms with Crippen molar-refractivity contribution in [2.45, 2.75) is 32.2 Å². The smallest absolute Gasteiger partial charge is 0.241 e. The van der Waals surface area contributed by atoms with Crippen molar-refractivity contribution in [3.05, 3.63) is 33.8 Å². The maximum absolute atomic E-state index is 12.4. The molecule has 1 aromatic heterocycles. The highest BCUT2D eigenvalue weighted by Gasteiger charge is 2.20. The number of aryl methyl sites for hydroxylation is 3. The minimum absolute atomic E-state index is 0.0873. The average Bonchev–Trinajstić information content (AvgIpc) is 2.71. The summed E-state index contributed by atoms with van der Waals surface area (Å²) in [5.41, 5.74) is 7.96. The Labute approximate surface area is 122 Å². The van der Waals surface area contributed by atoms with Gasteiger partial charge in [0.1, 0.15) is 5.01 Å². The van der Waals surface area contributed by atoms with Crippen molar-refractivity contribution in [1.29, 1.82) is 0 Å². The Morgan fingerprint density at radius 3 is 2.30 bits per heavy atom. The summed E-state index contributed by atoms with van der Waals surface area (Å²) >= 11 is 1.16. The molecule has 2 aromatic rings. The van der Waals surface area contributed by atoms with Crippen LogP contribution in [0.2, 0.25) is 0 Å². The van der Waals surface area contributed by atoms with Gasteiger partial charge in [-0.25, -0.2) is 13.1 Å². The Kier molecular flexibility index (Phi) is 4.07. The van der Waals surface area contributed by atoms with Crippen molar-refractivity contribution in [3.63, 3.8) is 0 Å². The molecule has 1 aromatic carbocycles. The minimum Gasteiger partial charge on any atom is -0.374 e. The number of hydrogen-bond donors (Lipinski definition) is 2. The van der Waals surface area contributed by atoms with E-state index in [-0.39, 0.29) is 6.54 Å². The number of hydrogen-bond acceptors (Lipinski definition) is 6. The number of sulfonamides is 1. The molecular formula is C12H16N4O2S2. The summed E-state index contributed by atoms with van der Waals surface area (Å²) in [7, 11) is -3.58. The second kappa shape index (κ2) is 5.47. The monoisotopic (exact) mass is 312 g/mol. The molecule has 0 atom stereocenters. The number of benzene rings is 1. The summed E-state index contributed by atoms with van der Waals surface area (Å²) < 4.78 is 27.3. The topological polar surface area (TPSA) is 98.0 Å². The highest BCUT2D eigenvalue weighted by Crippen LogP contribution is 2.22. The normalized spacial score (nSPS) is 11.8. The maximum Gasteiger partial charge on any atom is 0.241 e. The Hall–Kier alpha value is -1.51. The number of rotatable bonds is 4. The fourth-order valence-corrected chi connectivity index (χ4v) is 4.23. The maximum atomic E-state index is 12.4. The van der Waals surface area contributed by atoms with E-state index in [0.29, 0.717) is 15.0 Å². The summed E-state index contributed by atoms with van der Waals surface area (Å²) in [5, 5.41) is 8.29. The zero-order chi connectivity index (χ0) is 14.9. The third-order valence-corrected chi connectivity index (χ3v) is 5.23. The molecule has 0 aliphatic rings. The van der Waals surface area contributed by atoms with Gasteiger partial charge in [-0.05, 0) is 31.9 Å². The van der Waals surface area contributed by atoms with E-state index in [2.05, 4.69) is 14.9 Å². The van der Waals surface area contributed by atoms with Crippen molar-refractivity contribution >= 4 is 26.5 Å². The lowest BCUT2D eigenvalue weighted by Gasteiger charge is -2.12. The van der Waals surface area contributed by atoms with E-state index < -0.39 is 10.0 Å². The first-order valence-corrected chi connectivity index (χ1v) is 8.25. The standard InChI is InChI=1S/C12H16N4O2S2/c1-7-4-8(2)11(9(3)5-7)20(17,18)14-6-10-15-16-12(13)19-10/h4-5,14H,6H2,1-3H3,(H2,13,16). The molecule has 0 aliphatic carbocycles. The van der Waals surface area contributed by atoms with E-state index >= 15 is 0 Å². The molecule has 0 saturated heterocycles. The number of aromatic nitrogens is 2. The van der Waals surface area contributed by atoms with Crippen LogP contribution in [0.1, 0.15) is 21.7 Å². The van der Waals surface area contributed by atoms with Gasteiger partial charge in [0, 0.05) is 0 Å². The van der Waals surface area contributed by atoms with Crippen LogP contribution < -0.4 is 10.5 Å². The molecule has 3 N–H and O–H groups in total. The van der Waals surface area contributed by atoms with Gasteiger partial charge in [0.15, 0.2) is 0 Å². The van der Waals surface area contributed by atoms with Crippen LogP contribution in [0.15, 0.2) is 17.0 Å². The van der Waals surface area contributed by atoms with E-state index in [1.54, 1.807) is 13.8 Å². The third kappa shape index (κ3) is 3.14. The summed E-state index contributed by atoms with van der Waals surface area (Å²) in [6.07, 6.45) is 0. The molecule has 1 heterocycles. The van der Waals surface area contributed by atoms with E-state index in [4.69, 9.17) is 5.73 Å². The van der Waals surface area contributed by atoms with Crippen LogP contribution in [0, 0.1) is 20.8 Å². The fourth-order valence-electron chi connectivity index (χ4n) is 2.16. The fraction of sp³-hybridized carbons (Fsp3) is 0.333. The molecule has 20 heavy (non-hydrogen) atoms. The van der Waals surface area contributed by atoms with Crippen molar-refractivity contribution in [2.75, 3.05) is 5.73 Å². The molecule has 108 valence electrons. The molecule has 2 rings (SSSR count). The zero-order valence-corrected chi connectivity index (χ0v) is 13.1. The van der Waals surface area contributed by atoms with Gasteiger partial charge in [0.2, 0.25) is 15.2 Å². The van der Waals surface area contributed by atoms with Gasteiger partial charge >= 0.3 is 0 Å². The van der Waals surface area contributed by atoms with Gasteiger partial charge in [0.05, 0.1) is 11.4 Å². The average molecular weight is 312 g/mol. The van der Waals surface area contributed by atoms with Gasteiger partial charge in [-0.3, -0.25) is 0 Å². The predicted octanol–water partition coefficient (Wildman–Crippen LogP) is 1.52. The lowest BCUT2D eigenvalue weighted by Crippen LogP contribution is -2.24. The summed E-state index contributed by atoms with van der Waals surface area (Å²) in [5.74, 6) is 0. The second-order valence-corrected chi connectivity index (χ2v) is 7.38. The first kappa shape index (κ1) is 14.9. The molecule has 8 heteroatoms. The van der Waals surface area contributed by atoms with Crippen molar-refractivity contribution < 1.29 is 8.42 Å². The summed E-state index contributed by atoms with van der Waals surface area (Å²) in [6, 6.07) is 3.70. The van der Waals surface area contributed by atoms with Crippen molar-refractivity contribution in [3.8, 4) is 0 Å². The predicted molar refractivity (Wildman–Crippen MR) is 79.0 cm³/mol. The highest BCUT2D eigenvalue weighted by atomic mass is 32.2. The van der Waals surface area contributed by atoms with Crippen LogP contribution in [0.25, 0.3) is 0 Å². The lowest BCUT2D eigenvalue weighted by molar-refractivity contribution is 0.579. The Bertz CT molecular complexity index is 715. The molecule has 0 aliphatic heterocycles. The van der Waals surface area contributed by atoms with Crippen LogP contribution in [0.4, 0.5) is 5.13 Å². The number of anilines is 1. The largest absolute Gasteiger partial charge is 0.374 e. The minimum atomic E-state index is -3.58. The van der Waals surface area contributed by atoms with Gasteiger partial charge in [-0.15, -0.1) is 10.2 Å². The number of nitrogens with zero attached hydrogens (tertiary/aromatic N) is 2. The molecule has 0 spiro atoms. The van der Waals surface area contributed by atoms with Gasteiger partial charge < -0.3 is 5.73 Å². The molecule has 0 bridgehead atoms. The molecule has 0 fully saturated rings. The summed E-state index contributed by atoms with van der Waals surface area (Å²) in [6.45, 7) is 5.60. The molecular weight excluding hydrogens is 296 g/mol. The van der Waals surface area contributed by atoms with Crippen molar-refractivity contribution in [1.82, 2.24) is 14.9 Å². The molecule has 0 unspecified atom stereocenters. The van der Waals surface area contributed by atoms with E-state index in [9.17, 15) is 8.42 Å². The SMILES string of the molecule is Cc1cc(C)c(S(=O)(=O)NCc2nnc(N)s2)c(C)c1. The second-order valence-electron chi connectivity index (χ2n) is 4.59. The van der Waals surface area contributed by atoms with Crippen LogP contribution in [0.3, 0.4) is 0 Å². The van der Waals surface area contributed by atoms with Gasteiger partial charge in [-0.1, -0.05) is 29.0 Å². The van der Waals surface area contributed by atoms with Crippen LogP contribution in [-0.4, -0.2) is 18.6 Å². The number of nitrogen functional groups attached to an aromatic ring is 1. The number of nitrogens with two attached hydrogens (primary N) is 1. The summed E-state index contributed by atoms with van der Waals surface area (Å²) in [4.78, 5) is 0.320. The molecule has 0 saturated carbocycles. The lowest BCUT2D eigenvalue weighted by atomic mass is 10.1. The van der Waals surface area contributed by atoms with Crippen LogP contribution in [0.5, 0.6) is 0 Å². The van der Waals surface area contributed by atoms with E-state index in [0.717, 1.165) is 28.0 Å². The van der Waals surface area contributed by atoms with Gasteiger partial charge in [0.25, 0.3) is 0 Å². The molecule has 6 nitrogen and oxygen atoms in total. The van der Waals surface area contributed by atoms with Crippen molar-refractivity contribution in [2.24, 2.45) is 0 Å². The van der Waals surface area contributed by atoms with E-state index in [1.807, 2.05) is 19.1 Å². The Balaban J connectivity index is 2.27. The third-order valence-electron chi connectivity index (χ3n) is 2.77. The quantitative estimate of drug-likeness (QED) is 0.892. The molecule has 0 amide bonds. The Morgan fingerprint density at radius 2 is 1.80 bits per heavy atom. The Morgan fingerprint density at radius 1 is 1.20 bits per heavy atom.